The predicted octanol–water partition coefficient (Wildman–Crippen LogP) is 1.05. The zero-order chi connectivity index (χ0) is 13.1. The molecule has 0 aromatic carbocycles. The summed E-state index contributed by atoms with van der Waals surface area (Å²) in [7, 11) is 0. The average Bonchev–Trinajstić information content (AvgIpc) is 2.28. The molecule has 17 heavy (non-hydrogen) atoms. The van der Waals surface area contributed by atoms with Crippen LogP contribution in [0.15, 0.2) is 0 Å². The molecule has 1 aliphatic rings. The van der Waals surface area contributed by atoms with Crippen LogP contribution in [0.5, 0.6) is 0 Å². The summed E-state index contributed by atoms with van der Waals surface area (Å²) in [6.07, 6.45) is 0.895. The van der Waals surface area contributed by atoms with Crippen LogP contribution in [0.1, 0.15) is 34.1 Å². The third-order valence-electron chi connectivity index (χ3n) is 3.34. The summed E-state index contributed by atoms with van der Waals surface area (Å²) < 4.78 is 0. The Balaban J connectivity index is 2.44. The quantitative estimate of drug-likeness (QED) is 0.785. The predicted molar refractivity (Wildman–Crippen MR) is 66.7 cm³/mol. The maximum atomic E-state index is 12.0. The van der Waals surface area contributed by atoms with E-state index in [1.807, 2.05) is 20.8 Å². The summed E-state index contributed by atoms with van der Waals surface area (Å²) in [6, 6.07) is -0.0277. The van der Waals surface area contributed by atoms with Gasteiger partial charge in [0, 0.05) is 38.6 Å². The maximum Gasteiger partial charge on any atom is 0.317 e. The van der Waals surface area contributed by atoms with Gasteiger partial charge in [-0.05, 0) is 20.3 Å². The average molecular weight is 241 g/mol. The lowest BCUT2D eigenvalue weighted by Crippen LogP contribution is -2.56. The number of amides is 3. The third kappa shape index (κ3) is 3.91. The number of nitrogens with zero attached hydrogens (tertiary/aromatic N) is 2. The summed E-state index contributed by atoms with van der Waals surface area (Å²) in [5.41, 5.74) is -0.172. The fourth-order valence-electron chi connectivity index (χ4n) is 1.68. The van der Waals surface area contributed by atoms with Crippen LogP contribution in [0.2, 0.25) is 0 Å². The maximum absolute atomic E-state index is 12.0. The normalized spacial score (nSPS) is 16.9. The smallest absolute Gasteiger partial charge is 0.317 e. The van der Waals surface area contributed by atoms with Crippen LogP contribution in [0.3, 0.4) is 0 Å². The van der Waals surface area contributed by atoms with Gasteiger partial charge in [-0.2, -0.15) is 0 Å². The van der Waals surface area contributed by atoms with Crippen molar-refractivity contribution in [2.45, 2.75) is 39.7 Å². The van der Waals surface area contributed by atoms with Crippen LogP contribution in [0.4, 0.5) is 4.79 Å². The Labute approximate surface area is 103 Å². The van der Waals surface area contributed by atoms with E-state index in [2.05, 4.69) is 5.32 Å². The summed E-state index contributed by atoms with van der Waals surface area (Å²) in [4.78, 5) is 26.7. The number of piperazine rings is 1. The van der Waals surface area contributed by atoms with E-state index in [0.29, 0.717) is 26.2 Å². The first-order chi connectivity index (χ1) is 7.85. The van der Waals surface area contributed by atoms with Crippen molar-refractivity contribution in [1.29, 1.82) is 0 Å². The van der Waals surface area contributed by atoms with E-state index in [1.54, 1.807) is 16.7 Å². The molecule has 0 atom stereocenters. The molecule has 5 nitrogen and oxygen atoms in total. The van der Waals surface area contributed by atoms with Gasteiger partial charge < -0.3 is 15.1 Å². The van der Waals surface area contributed by atoms with Crippen molar-refractivity contribution in [3.05, 3.63) is 0 Å². The van der Waals surface area contributed by atoms with Gasteiger partial charge in [-0.3, -0.25) is 4.79 Å². The molecule has 1 aliphatic heterocycles. The Morgan fingerprint density at radius 2 is 1.59 bits per heavy atom. The Morgan fingerprint density at radius 1 is 1.12 bits per heavy atom. The fourth-order valence-corrected chi connectivity index (χ4v) is 1.68. The van der Waals surface area contributed by atoms with Crippen LogP contribution >= 0.6 is 0 Å². The molecule has 1 N–H and O–H groups in total. The molecule has 3 amide bonds. The topological polar surface area (TPSA) is 52.7 Å². The zero-order valence-corrected chi connectivity index (χ0v) is 11.2. The van der Waals surface area contributed by atoms with Crippen molar-refractivity contribution in [3.8, 4) is 0 Å². The van der Waals surface area contributed by atoms with E-state index in [9.17, 15) is 9.59 Å². The van der Waals surface area contributed by atoms with Gasteiger partial charge in [-0.25, -0.2) is 4.79 Å². The standard InChI is InChI=1S/C12H23N3O2/c1-5-12(3,4)13-11(17)15-8-6-14(7-9-15)10(2)16/h5-9H2,1-4H3,(H,13,17). The van der Waals surface area contributed by atoms with Crippen LogP contribution < -0.4 is 5.32 Å². The van der Waals surface area contributed by atoms with Crippen LogP contribution in [-0.2, 0) is 4.79 Å². The number of carbonyl (C=O) groups excluding carboxylic acids is 2. The number of hydrogen-bond donors (Lipinski definition) is 1. The van der Waals surface area contributed by atoms with E-state index in [-0.39, 0.29) is 17.5 Å². The summed E-state index contributed by atoms with van der Waals surface area (Å²) in [6.45, 7) is 10.1. The molecule has 1 heterocycles. The van der Waals surface area contributed by atoms with Crippen molar-refractivity contribution in [1.82, 2.24) is 15.1 Å². The lowest BCUT2D eigenvalue weighted by Gasteiger charge is -2.36. The number of rotatable bonds is 2. The minimum Gasteiger partial charge on any atom is -0.339 e. The molecule has 0 radical (unpaired) electrons. The van der Waals surface area contributed by atoms with Crippen molar-refractivity contribution < 1.29 is 9.59 Å². The number of nitrogens with one attached hydrogen (secondary N) is 1. The molecule has 0 aromatic rings. The zero-order valence-electron chi connectivity index (χ0n) is 11.2. The Bertz CT molecular complexity index is 294. The van der Waals surface area contributed by atoms with E-state index in [1.165, 1.54) is 0 Å². The van der Waals surface area contributed by atoms with Crippen LogP contribution in [-0.4, -0.2) is 53.5 Å². The molecule has 5 heteroatoms. The van der Waals surface area contributed by atoms with Gasteiger partial charge in [-0.1, -0.05) is 6.92 Å². The van der Waals surface area contributed by atoms with Crippen LogP contribution in [0.25, 0.3) is 0 Å². The van der Waals surface area contributed by atoms with Gasteiger partial charge >= 0.3 is 6.03 Å². The Kier molecular flexibility index (Phi) is 4.37. The Morgan fingerprint density at radius 3 is 2.00 bits per heavy atom. The first-order valence-electron chi connectivity index (χ1n) is 6.18. The molecule has 0 bridgehead atoms. The number of hydrogen-bond acceptors (Lipinski definition) is 2. The first kappa shape index (κ1) is 13.8. The second-order valence-corrected chi connectivity index (χ2v) is 5.16. The monoisotopic (exact) mass is 241 g/mol. The minimum absolute atomic E-state index is 0.0277. The van der Waals surface area contributed by atoms with Crippen molar-refractivity contribution in [3.63, 3.8) is 0 Å². The molecule has 0 unspecified atom stereocenters. The van der Waals surface area contributed by atoms with E-state index < -0.39 is 0 Å². The molecular weight excluding hydrogens is 218 g/mol. The van der Waals surface area contributed by atoms with Crippen molar-refractivity contribution in [2.75, 3.05) is 26.2 Å². The SMILES string of the molecule is CCC(C)(C)NC(=O)N1CCN(C(C)=O)CC1. The van der Waals surface area contributed by atoms with E-state index in [4.69, 9.17) is 0 Å². The van der Waals surface area contributed by atoms with Gasteiger partial charge in [0.25, 0.3) is 0 Å². The third-order valence-corrected chi connectivity index (χ3v) is 3.34. The van der Waals surface area contributed by atoms with Gasteiger partial charge in [-0.15, -0.1) is 0 Å². The summed E-state index contributed by atoms with van der Waals surface area (Å²) in [5, 5.41) is 3.00. The number of carbonyl (C=O) groups is 2. The largest absolute Gasteiger partial charge is 0.339 e. The van der Waals surface area contributed by atoms with Gasteiger partial charge in [0.15, 0.2) is 0 Å². The first-order valence-corrected chi connectivity index (χ1v) is 6.18. The summed E-state index contributed by atoms with van der Waals surface area (Å²) >= 11 is 0. The highest BCUT2D eigenvalue weighted by Crippen LogP contribution is 2.09. The lowest BCUT2D eigenvalue weighted by molar-refractivity contribution is -0.130. The van der Waals surface area contributed by atoms with Gasteiger partial charge in [0.05, 0.1) is 0 Å². The Hall–Kier alpha value is -1.26. The number of urea groups is 1. The summed E-state index contributed by atoms with van der Waals surface area (Å²) in [5.74, 6) is 0.0824. The molecular formula is C12H23N3O2. The van der Waals surface area contributed by atoms with Gasteiger partial charge in [0.1, 0.15) is 0 Å². The minimum atomic E-state index is -0.172. The van der Waals surface area contributed by atoms with Crippen molar-refractivity contribution in [2.24, 2.45) is 0 Å². The molecule has 1 saturated heterocycles. The van der Waals surface area contributed by atoms with E-state index in [0.717, 1.165) is 6.42 Å². The second-order valence-electron chi connectivity index (χ2n) is 5.16. The highest BCUT2D eigenvalue weighted by Gasteiger charge is 2.25. The van der Waals surface area contributed by atoms with Gasteiger partial charge in [0.2, 0.25) is 5.91 Å². The van der Waals surface area contributed by atoms with Crippen molar-refractivity contribution >= 4 is 11.9 Å². The molecule has 1 rings (SSSR count). The molecule has 0 spiro atoms. The molecule has 98 valence electrons. The highest BCUT2D eigenvalue weighted by molar-refractivity contribution is 5.76. The fraction of sp³-hybridized carbons (Fsp3) is 0.833. The highest BCUT2D eigenvalue weighted by atomic mass is 16.2. The molecule has 1 fully saturated rings. The molecule has 0 aromatic heterocycles. The molecule has 0 saturated carbocycles. The lowest BCUT2D eigenvalue weighted by atomic mass is 10.0. The second kappa shape index (κ2) is 5.38. The van der Waals surface area contributed by atoms with Crippen LogP contribution in [0, 0.1) is 0 Å². The van der Waals surface area contributed by atoms with E-state index >= 15 is 0 Å². The molecule has 0 aliphatic carbocycles.